The molecule has 0 fully saturated rings. The van der Waals surface area contributed by atoms with Crippen molar-refractivity contribution in [1.29, 1.82) is 0 Å². The first-order chi connectivity index (χ1) is 6.54. The number of rotatable bonds is 5. The lowest BCUT2D eigenvalue weighted by molar-refractivity contribution is 0.176. The summed E-state index contributed by atoms with van der Waals surface area (Å²) < 4.78 is 0. The molecule has 0 rings (SSSR count). The molecule has 0 aromatic heterocycles. The monoisotopic (exact) mass is 213 g/mol. The highest BCUT2D eigenvalue weighted by Gasteiger charge is 2.25. The fourth-order valence-electron chi connectivity index (χ4n) is 1.98. The predicted molar refractivity (Wildman–Crippen MR) is 69.9 cm³/mol. The van der Waals surface area contributed by atoms with Gasteiger partial charge in [0, 0.05) is 5.54 Å². The molecule has 1 heteroatoms. The molecule has 0 heterocycles. The van der Waals surface area contributed by atoms with Crippen molar-refractivity contribution in [3.63, 3.8) is 0 Å². The minimum absolute atomic E-state index is 0.00465. The SMILES string of the molecule is C[C@H](CCCC(C)(C)N)[C@H](C)C(C)(C)C. The molecule has 0 saturated carbocycles. The van der Waals surface area contributed by atoms with E-state index in [4.69, 9.17) is 5.73 Å². The zero-order valence-electron chi connectivity index (χ0n) is 11.9. The summed E-state index contributed by atoms with van der Waals surface area (Å²) in [7, 11) is 0. The number of nitrogens with two attached hydrogens (primary N) is 1. The minimum Gasteiger partial charge on any atom is -0.326 e. The highest BCUT2D eigenvalue weighted by atomic mass is 14.7. The van der Waals surface area contributed by atoms with Gasteiger partial charge in [-0.3, -0.25) is 0 Å². The predicted octanol–water partition coefficient (Wildman–Crippen LogP) is 4.21. The molecule has 0 amide bonds. The number of hydrogen-bond acceptors (Lipinski definition) is 1. The molecule has 0 unspecified atom stereocenters. The molecule has 0 aromatic rings. The molecule has 0 aliphatic heterocycles. The smallest absolute Gasteiger partial charge is 0.00970 e. The topological polar surface area (TPSA) is 26.0 Å². The van der Waals surface area contributed by atoms with Crippen LogP contribution in [0.15, 0.2) is 0 Å². The molecule has 15 heavy (non-hydrogen) atoms. The van der Waals surface area contributed by atoms with E-state index in [0.29, 0.717) is 5.41 Å². The Morgan fingerprint density at radius 3 is 1.80 bits per heavy atom. The second-order valence-electron chi connectivity index (χ2n) is 7.01. The van der Waals surface area contributed by atoms with Crippen molar-refractivity contribution in [3.05, 3.63) is 0 Å². The van der Waals surface area contributed by atoms with Gasteiger partial charge < -0.3 is 5.73 Å². The van der Waals surface area contributed by atoms with Gasteiger partial charge in [-0.2, -0.15) is 0 Å². The van der Waals surface area contributed by atoms with Crippen LogP contribution in [0.25, 0.3) is 0 Å². The molecule has 1 nitrogen and oxygen atoms in total. The van der Waals surface area contributed by atoms with Crippen LogP contribution in [-0.2, 0) is 0 Å². The summed E-state index contributed by atoms with van der Waals surface area (Å²) in [5, 5.41) is 0. The standard InChI is InChI=1S/C14H31N/c1-11(12(2)13(3,4)5)9-8-10-14(6,7)15/h11-12H,8-10,15H2,1-7H3/t11-,12+/m1/s1. The Morgan fingerprint density at radius 2 is 1.47 bits per heavy atom. The Balaban J connectivity index is 3.90. The van der Waals surface area contributed by atoms with Gasteiger partial charge in [0.25, 0.3) is 0 Å². The summed E-state index contributed by atoms with van der Waals surface area (Å²) >= 11 is 0. The maximum Gasteiger partial charge on any atom is 0.00970 e. The Bertz CT molecular complexity index is 171. The first-order valence-corrected chi connectivity index (χ1v) is 6.33. The van der Waals surface area contributed by atoms with E-state index in [0.717, 1.165) is 18.3 Å². The Hall–Kier alpha value is -0.0400. The van der Waals surface area contributed by atoms with Crippen LogP contribution in [0.5, 0.6) is 0 Å². The Morgan fingerprint density at radius 1 is 1.00 bits per heavy atom. The molecule has 0 spiro atoms. The highest BCUT2D eigenvalue weighted by molar-refractivity contribution is 4.77. The highest BCUT2D eigenvalue weighted by Crippen LogP contribution is 2.34. The Labute approximate surface area is 96.8 Å². The molecule has 2 N–H and O–H groups in total. The van der Waals surface area contributed by atoms with Gasteiger partial charge in [-0.25, -0.2) is 0 Å². The lowest BCUT2D eigenvalue weighted by Crippen LogP contribution is -2.32. The van der Waals surface area contributed by atoms with Crippen LogP contribution in [0.3, 0.4) is 0 Å². The van der Waals surface area contributed by atoms with Crippen LogP contribution in [0.2, 0.25) is 0 Å². The average molecular weight is 213 g/mol. The van der Waals surface area contributed by atoms with Crippen molar-refractivity contribution in [1.82, 2.24) is 0 Å². The van der Waals surface area contributed by atoms with Crippen molar-refractivity contribution in [2.24, 2.45) is 23.0 Å². The van der Waals surface area contributed by atoms with E-state index in [1.54, 1.807) is 0 Å². The lowest BCUT2D eigenvalue weighted by Gasteiger charge is -2.33. The van der Waals surface area contributed by atoms with Gasteiger partial charge in [-0.15, -0.1) is 0 Å². The van der Waals surface area contributed by atoms with Gasteiger partial charge in [0.05, 0.1) is 0 Å². The van der Waals surface area contributed by atoms with E-state index in [2.05, 4.69) is 48.5 Å². The summed E-state index contributed by atoms with van der Waals surface area (Å²) in [6, 6.07) is 0. The van der Waals surface area contributed by atoms with Crippen LogP contribution < -0.4 is 5.73 Å². The third kappa shape index (κ3) is 6.94. The van der Waals surface area contributed by atoms with Gasteiger partial charge in [-0.1, -0.05) is 47.5 Å². The quantitative estimate of drug-likeness (QED) is 0.727. The first kappa shape index (κ1) is 15.0. The largest absolute Gasteiger partial charge is 0.326 e. The molecular formula is C14H31N. The summed E-state index contributed by atoms with van der Waals surface area (Å²) in [6.45, 7) is 16.0. The van der Waals surface area contributed by atoms with E-state index >= 15 is 0 Å². The zero-order valence-corrected chi connectivity index (χ0v) is 11.9. The zero-order chi connectivity index (χ0) is 12.3. The average Bonchev–Trinajstić information content (AvgIpc) is 1.98. The van der Waals surface area contributed by atoms with Crippen molar-refractivity contribution >= 4 is 0 Å². The fourth-order valence-corrected chi connectivity index (χ4v) is 1.98. The normalized spacial score (nSPS) is 17.6. The molecule has 0 aliphatic carbocycles. The molecule has 2 atom stereocenters. The Kier molecular flexibility index (Phi) is 5.32. The second-order valence-corrected chi connectivity index (χ2v) is 7.01. The van der Waals surface area contributed by atoms with Gasteiger partial charge in [-0.05, 0) is 37.5 Å². The van der Waals surface area contributed by atoms with Crippen LogP contribution in [0.1, 0.15) is 67.7 Å². The van der Waals surface area contributed by atoms with Gasteiger partial charge in [0.2, 0.25) is 0 Å². The molecule has 0 aromatic carbocycles. The van der Waals surface area contributed by atoms with Gasteiger partial charge >= 0.3 is 0 Å². The second kappa shape index (κ2) is 5.34. The summed E-state index contributed by atoms with van der Waals surface area (Å²) in [4.78, 5) is 0. The molecule has 0 radical (unpaired) electrons. The van der Waals surface area contributed by atoms with Gasteiger partial charge in [0.1, 0.15) is 0 Å². The molecule has 0 bridgehead atoms. The first-order valence-electron chi connectivity index (χ1n) is 6.33. The van der Waals surface area contributed by atoms with Gasteiger partial charge in [0.15, 0.2) is 0 Å². The third-order valence-electron chi connectivity index (χ3n) is 3.70. The lowest BCUT2D eigenvalue weighted by atomic mass is 9.73. The van der Waals surface area contributed by atoms with Crippen molar-refractivity contribution in [3.8, 4) is 0 Å². The van der Waals surface area contributed by atoms with Crippen LogP contribution in [0, 0.1) is 17.3 Å². The number of hydrogen-bond donors (Lipinski definition) is 1. The third-order valence-corrected chi connectivity index (χ3v) is 3.70. The minimum atomic E-state index is 0.00465. The van der Waals surface area contributed by atoms with E-state index in [-0.39, 0.29) is 5.54 Å². The fraction of sp³-hybridized carbons (Fsp3) is 1.00. The van der Waals surface area contributed by atoms with Crippen molar-refractivity contribution in [2.75, 3.05) is 0 Å². The maximum atomic E-state index is 5.98. The summed E-state index contributed by atoms with van der Waals surface area (Å²) in [6.07, 6.45) is 3.69. The molecule has 0 saturated heterocycles. The maximum absolute atomic E-state index is 5.98. The van der Waals surface area contributed by atoms with E-state index in [1.807, 2.05) is 0 Å². The summed E-state index contributed by atoms with van der Waals surface area (Å²) in [5.74, 6) is 1.57. The van der Waals surface area contributed by atoms with E-state index in [1.165, 1.54) is 12.8 Å². The van der Waals surface area contributed by atoms with E-state index in [9.17, 15) is 0 Å². The van der Waals surface area contributed by atoms with Crippen molar-refractivity contribution in [2.45, 2.75) is 73.3 Å². The molecular weight excluding hydrogens is 182 g/mol. The van der Waals surface area contributed by atoms with Crippen LogP contribution in [0.4, 0.5) is 0 Å². The molecule has 92 valence electrons. The van der Waals surface area contributed by atoms with Crippen molar-refractivity contribution < 1.29 is 0 Å². The van der Waals surface area contributed by atoms with Crippen LogP contribution >= 0.6 is 0 Å². The van der Waals surface area contributed by atoms with E-state index < -0.39 is 0 Å². The molecule has 0 aliphatic rings. The van der Waals surface area contributed by atoms with Crippen LogP contribution in [-0.4, -0.2) is 5.54 Å². The summed E-state index contributed by atoms with van der Waals surface area (Å²) in [5.41, 5.74) is 6.42.